The van der Waals surface area contributed by atoms with E-state index in [1.807, 2.05) is 0 Å². The van der Waals surface area contributed by atoms with Crippen LogP contribution in [0, 0.1) is 17.2 Å². The largest absolute Gasteiger partial charge is 0.228 e. The Balaban J connectivity index is 2.70. The number of halogens is 2. The molecule has 0 aliphatic rings. The van der Waals surface area contributed by atoms with Gasteiger partial charge in [0.25, 0.3) is 0 Å². The average Bonchev–Trinajstić information content (AvgIpc) is 2.38. The quantitative estimate of drug-likeness (QED) is 0.659. The van der Waals surface area contributed by atoms with E-state index in [1.165, 1.54) is 18.3 Å². The molecule has 0 aliphatic carbocycles. The van der Waals surface area contributed by atoms with Crippen LogP contribution in [0.15, 0.2) is 30.5 Å². The molecule has 0 saturated carbocycles. The Kier molecular flexibility index (Phi) is 4.64. The summed E-state index contributed by atoms with van der Waals surface area (Å²) < 4.78 is 27.6. The van der Waals surface area contributed by atoms with Crippen LogP contribution in [0.1, 0.15) is 51.7 Å². The van der Waals surface area contributed by atoms with Gasteiger partial charge in [0, 0.05) is 12.3 Å². The second-order valence-corrected chi connectivity index (χ2v) is 7.28. The third-order valence-corrected chi connectivity index (χ3v) is 3.62. The summed E-state index contributed by atoms with van der Waals surface area (Å²) in [4.78, 5) is 3.59. The van der Waals surface area contributed by atoms with Crippen molar-refractivity contribution in [3.63, 3.8) is 0 Å². The first-order chi connectivity index (χ1) is 10.2. The molecule has 0 unspecified atom stereocenters. The highest BCUT2D eigenvalue weighted by Crippen LogP contribution is 2.35. The Morgan fingerprint density at radius 2 is 1.77 bits per heavy atom. The van der Waals surface area contributed by atoms with Gasteiger partial charge in [0.15, 0.2) is 0 Å². The van der Waals surface area contributed by atoms with E-state index < -0.39 is 5.95 Å². The van der Waals surface area contributed by atoms with Crippen molar-refractivity contribution < 1.29 is 8.78 Å². The normalized spacial score (nSPS) is 12.0. The first-order valence-electron chi connectivity index (χ1n) is 7.61. The Bertz CT molecular complexity index is 670. The van der Waals surface area contributed by atoms with Crippen LogP contribution in [0.5, 0.6) is 0 Å². The van der Waals surface area contributed by atoms with Gasteiger partial charge in [0.1, 0.15) is 5.82 Å². The molecular formula is C19H23F2N. The summed E-state index contributed by atoms with van der Waals surface area (Å²) in [6, 6.07) is 6.20. The zero-order valence-corrected chi connectivity index (χ0v) is 13.9. The van der Waals surface area contributed by atoms with Crippen molar-refractivity contribution in [3.8, 4) is 11.1 Å². The van der Waals surface area contributed by atoms with Gasteiger partial charge >= 0.3 is 0 Å². The monoisotopic (exact) mass is 303 g/mol. The fourth-order valence-electron chi connectivity index (χ4n) is 2.73. The number of benzene rings is 1. The van der Waals surface area contributed by atoms with E-state index in [2.05, 4.69) is 39.6 Å². The highest BCUT2D eigenvalue weighted by Gasteiger charge is 2.21. The fraction of sp³-hybridized carbons (Fsp3) is 0.421. The lowest BCUT2D eigenvalue weighted by molar-refractivity contribution is 0.409. The summed E-state index contributed by atoms with van der Waals surface area (Å²) in [5.41, 5.74) is 3.58. The Hall–Kier alpha value is -1.77. The smallest absolute Gasteiger partial charge is 0.213 e. The molecular weight excluding hydrogens is 280 g/mol. The molecule has 0 amide bonds. The van der Waals surface area contributed by atoms with E-state index in [-0.39, 0.29) is 17.2 Å². The molecule has 1 aromatic heterocycles. The molecule has 2 aromatic rings. The fourth-order valence-corrected chi connectivity index (χ4v) is 2.73. The van der Waals surface area contributed by atoms with E-state index in [0.717, 1.165) is 23.1 Å². The summed E-state index contributed by atoms with van der Waals surface area (Å²) in [5, 5.41) is 0. The standard InChI is InChI=1S/C19H23F2N/c1-12(2)15-9-14(20)10-16(17(15)11-19(3,4)5)13-6-7-22-18(21)8-13/h6-10,12H,11H2,1-5H3. The van der Waals surface area contributed by atoms with Crippen LogP contribution in [0.2, 0.25) is 0 Å². The molecule has 1 nitrogen and oxygen atoms in total. The maximum Gasteiger partial charge on any atom is 0.213 e. The number of hydrogen-bond donors (Lipinski definition) is 0. The lowest BCUT2D eigenvalue weighted by atomic mass is 9.80. The molecule has 0 fully saturated rings. The number of aromatic nitrogens is 1. The molecule has 118 valence electrons. The highest BCUT2D eigenvalue weighted by molar-refractivity contribution is 5.69. The van der Waals surface area contributed by atoms with Gasteiger partial charge in [-0.3, -0.25) is 0 Å². The molecule has 22 heavy (non-hydrogen) atoms. The van der Waals surface area contributed by atoms with Crippen LogP contribution in [0.4, 0.5) is 8.78 Å². The zero-order valence-electron chi connectivity index (χ0n) is 13.9. The van der Waals surface area contributed by atoms with Crippen molar-refractivity contribution >= 4 is 0 Å². The first-order valence-corrected chi connectivity index (χ1v) is 7.61. The summed E-state index contributed by atoms with van der Waals surface area (Å²) >= 11 is 0. The molecule has 0 N–H and O–H groups in total. The summed E-state index contributed by atoms with van der Waals surface area (Å²) in [6.07, 6.45) is 2.23. The Morgan fingerprint density at radius 3 is 2.32 bits per heavy atom. The van der Waals surface area contributed by atoms with Crippen LogP contribution in [-0.4, -0.2) is 4.98 Å². The third-order valence-electron chi connectivity index (χ3n) is 3.62. The minimum absolute atomic E-state index is 0.0573. The van der Waals surface area contributed by atoms with Crippen LogP contribution in [0.25, 0.3) is 11.1 Å². The number of nitrogens with zero attached hydrogens (tertiary/aromatic N) is 1. The third kappa shape index (κ3) is 3.90. The van der Waals surface area contributed by atoms with Crippen molar-refractivity contribution in [1.82, 2.24) is 4.98 Å². The molecule has 0 atom stereocenters. The van der Waals surface area contributed by atoms with Gasteiger partial charge in [0.05, 0.1) is 0 Å². The molecule has 0 saturated heterocycles. The van der Waals surface area contributed by atoms with Crippen molar-refractivity contribution in [2.75, 3.05) is 0 Å². The number of pyridine rings is 1. The van der Waals surface area contributed by atoms with Crippen molar-refractivity contribution in [2.24, 2.45) is 5.41 Å². The van der Waals surface area contributed by atoms with Crippen molar-refractivity contribution in [1.29, 1.82) is 0 Å². The van der Waals surface area contributed by atoms with Gasteiger partial charge in [-0.2, -0.15) is 4.39 Å². The zero-order chi connectivity index (χ0) is 16.5. The molecule has 2 rings (SSSR count). The minimum atomic E-state index is -0.547. The van der Waals surface area contributed by atoms with Gasteiger partial charge in [-0.1, -0.05) is 34.6 Å². The summed E-state index contributed by atoms with van der Waals surface area (Å²) in [7, 11) is 0. The Morgan fingerprint density at radius 1 is 1.09 bits per heavy atom. The maximum absolute atomic E-state index is 14.1. The predicted octanol–water partition coefficient (Wildman–Crippen LogP) is 5.74. The molecule has 0 aliphatic heterocycles. The van der Waals surface area contributed by atoms with Gasteiger partial charge < -0.3 is 0 Å². The SMILES string of the molecule is CC(C)c1cc(F)cc(-c2ccnc(F)c2)c1CC(C)(C)C. The predicted molar refractivity (Wildman–Crippen MR) is 86.8 cm³/mol. The lowest BCUT2D eigenvalue weighted by Crippen LogP contribution is -2.13. The van der Waals surface area contributed by atoms with Crippen LogP contribution in [0.3, 0.4) is 0 Å². The molecule has 1 heterocycles. The highest BCUT2D eigenvalue weighted by atomic mass is 19.1. The average molecular weight is 303 g/mol. The Labute approximate surface area is 131 Å². The van der Waals surface area contributed by atoms with Gasteiger partial charge in [-0.05, 0) is 58.2 Å². The lowest BCUT2D eigenvalue weighted by Gasteiger charge is -2.25. The van der Waals surface area contributed by atoms with Crippen LogP contribution < -0.4 is 0 Å². The summed E-state index contributed by atoms with van der Waals surface area (Å²) in [6.45, 7) is 10.6. The van der Waals surface area contributed by atoms with Gasteiger partial charge in [-0.25, -0.2) is 9.37 Å². The molecule has 3 heteroatoms. The van der Waals surface area contributed by atoms with E-state index >= 15 is 0 Å². The minimum Gasteiger partial charge on any atom is -0.228 e. The molecule has 0 spiro atoms. The topological polar surface area (TPSA) is 12.9 Å². The first kappa shape index (κ1) is 16.6. The number of hydrogen-bond acceptors (Lipinski definition) is 1. The van der Waals surface area contributed by atoms with E-state index in [9.17, 15) is 8.78 Å². The maximum atomic E-state index is 14.1. The summed E-state index contributed by atoms with van der Waals surface area (Å²) in [5.74, 6) is -0.623. The van der Waals surface area contributed by atoms with Gasteiger partial charge in [-0.15, -0.1) is 0 Å². The van der Waals surface area contributed by atoms with Gasteiger partial charge in [0.2, 0.25) is 5.95 Å². The van der Waals surface area contributed by atoms with E-state index in [1.54, 1.807) is 12.1 Å². The van der Waals surface area contributed by atoms with E-state index in [0.29, 0.717) is 5.56 Å². The van der Waals surface area contributed by atoms with Crippen molar-refractivity contribution in [3.05, 3.63) is 53.4 Å². The second-order valence-electron chi connectivity index (χ2n) is 7.28. The second kappa shape index (κ2) is 6.15. The molecule has 1 aromatic carbocycles. The van der Waals surface area contributed by atoms with Crippen LogP contribution >= 0.6 is 0 Å². The number of rotatable bonds is 3. The molecule has 0 radical (unpaired) electrons. The van der Waals surface area contributed by atoms with Crippen LogP contribution in [-0.2, 0) is 6.42 Å². The molecule has 0 bridgehead atoms. The van der Waals surface area contributed by atoms with Crippen molar-refractivity contribution in [2.45, 2.75) is 47.0 Å². The van der Waals surface area contributed by atoms with E-state index in [4.69, 9.17) is 0 Å².